The second-order valence-electron chi connectivity index (χ2n) is 2.89. The standard InChI is InChI=1S/C9H10BrNO2/c10-7-3-6(4-8(11)5-7)9-12-1-2-13-9/h3-5,9H,1-2,11H2. The van der Waals surface area contributed by atoms with Crippen LogP contribution in [0.3, 0.4) is 0 Å². The molecule has 2 N–H and O–H groups in total. The van der Waals surface area contributed by atoms with Crippen molar-refractivity contribution in [3.05, 3.63) is 28.2 Å². The SMILES string of the molecule is Nc1cc(Br)cc(C2OCCO2)c1. The van der Waals surface area contributed by atoms with Crippen LogP contribution >= 0.6 is 15.9 Å². The highest BCUT2D eigenvalue weighted by atomic mass is 79.9. The van der Waals surface area contributed by atoms with E-state index in [9.17, 15) is 0 Å². The van der Waals surface area contributed by atoms with Crippen LogP contribution in [0.2, 0.25) is 0 Å². The van der Waals surface area contributed by atoms with Crippen LogP contribution in [0.15, 0.2) is 22.7 Å². The molecule has 0 atom stereocenters. The van der Waals surface area contributed by atoms with Crippen molar-refractivity contribution < 1.29 is 9.47 Å². The molecule has 1 fully saturated rings. The molecular weight excluding hydrogens is 234 g/mol. The Balaban J connectivity index is 2.28. The van der Waals surface area contributed by atoms with Crippen molar-refractivity contribution in [2.75, 3.05) is 18.9 Å². The Bertz CT molecular complexity index is 290. The van der Waals surface area contributed by atoms with Gasteiger partial charge in [0.25, 0.3) is 0 Å². The third kappa shape index (κ3) is 2.02. The second kappa shape index (κ2) is 3.65. The van der Waals surface area contributed by atoms with Gasteiger partial charge in [0.1, 0.15) is 0 Å². The normalized spacial score (nSPS) is 17.9. The monoisotopic (exact) mass is 243 g/mol. The first kappa shape index (κ1) is 8.99. The molecule has 0 aromatic heterocycles. The number of rotatable bonds is 1. The van der Waals surface area contributed by atoms with E-state index in [1.807, 2.05) is 18.2 Å². The largest absolute Gasteiger partial charge is 0.399 e. The highest BCUT2D eigenvalue weighted by molar-refractivity contribution is 9.10. The number of nitrogen functional groups attached to an aromatic ring is 1. The number of hydrogen-bond acceptors (Lipinski definition) is 3. The Morgan fingerprint density at radius 2 is 1.92 bits per heavy atom. The lowest BCUT2D eigenvalue weighted by Crippen LogP contribution is -1.99. The molecule has 1 saturated heterocycles. The van der Waals surface area contributed by atoms with Gasteiger partial charge in [0.15, 0.2) is 6.29 Å². The van der Waals surface area contributed by atoms with E-state index in [1.165, 1.54) is 0 Å². The van der Waals surface area contributed by atoms with Crippen LogP contribution in [-0.4, -0.2) is 13.2 Å². The lowest BCUT2D eigenvalue weighted by atomic mass is 10.2. The number of halogens is 1. The summed E-state index contributed by atoms with van der Waals surface area (Å²) in [5.41, 5.74) is 7.36. The fraction of sp³-hybridized carbons (Fsp3) is 0.333. The van der Waals surface area contributed by atoms with E-state index in [0.717, 1.165) is 10.0 Å². The third-order valence-electron chi connectivity index (χ3n) is 1.84. The van der Waals surface area contributed by atoms with Crippen LogP contribution in [0.5, 0.6) is 0 Å². The summed E-state index contributed by atoms with van der Waals surface area (Å²) in [6, 6.07) is 5.66. The Hall–Kier alpha value is -0.580. The second-order valence-corrected chi connectivity index (χ2v) is 3.81. The lowest BCUT2D eigenvalue weighted by molar-refractivity contribution is -0.0441. The summed E-state index contributed by atoms with van der Waals surface area (Å²) >= 11 is 3.37. The zero-order valence-electron chi connectivity index (χ0n) is 7.00. The summed E-state index contributed by atoms with van der Waals surface area (Å²) in [5, 5.41) is 0. The zero-order chi connectivity index (χ0) is 9.26. The minimum atomic E-state index is -0.250. The van der Waals surface area contributed by atoms with E-state index in [-0.39, 0.29) is 6.29 Å². The molecule has 0 spiro atoms. The van der Waals surface area contributed by atoms with Crippen LogP contribution in [0.4, 0.5) is 5.69 Å². The van der Waals surface area contributed by atoms with Crippen molar-refractivity contribution >= 4 is 21.6 Å². The predicted octanol–water partition coefficient (Wildman–Crippen LogP) is 2.08. The summed E-state index contributed by atoms with van der Waals surface area (Å²) in [5.74, 6) is 0. The van der Waals surface area contributed by atoms with E-state index >= 15 is 0 Å². The molecule has 0 bridgehead atoms. The first-order valence-corrected chi connectivity index (χ1v) is 4.84. The molecule has 1 aliphatic rings. The van der Waals surface area contributed by atoms with Crippen molar-refractivity contribution in [1.29, 1.82) is 0 Å². The van der Waals surface area contributed by atoms with Gasteiger partial charge in [-0.15, -0.1) is 0 Å². The van der Waals surface area contributed by atoms with Gasteiger partial charge in [0.05, 0.1) is 13.2 Å². The molecule has 1 aliphatic heterocycles. The fourth-order valence-corrected chi connectivity index (χ4v) is 1.85. The lowest BCUT2D eigenvalue weighted by Gasteiger charge is -2.10. The summed E-state index contributed by atoms with van der Waals surface area (Å²) < 4.78 is 11.6. The number of anilines is 1. The molecule has 13 heavy (non-hydrogen) atoms. The van der Waals surface area contributed by atoms with E-state index < -0.39 is 0 Å². The van der Waals surface area contributed by atoms with E-state index in [4.69, 9.17) is 15.2 Å². The van der Waals surface area contributed by atoms with Crippen LogP contribution in [0.25, 0.3) is 0 Å². The molecule has 0 radical (unpaired) electrons. The van der Waals surface area contributed by atoms with Gasteiger partial charge in [0.2, 0.25) is 0 Å². The Morgan fingerprint density at radius 3 is 2.54 bits per heavy atom. The molecular formula is C9H10BrNO2. The molecule has 0 unspecified atom stereocenters. The van der Waals surface area contributed by atoms with Crippen molar-refractivity contribution in [1.82, 2.24) is 0 Å². The molecule has 2 rings (SSSR count). The molecule has 3 nitrogen and oxygen atoms in total. The highest BCUT2D eigenvalue weighted by Crippen LogP contribution is 2.27. The molecule has 1 aromatic rings. The van der Waals surface area contributed by atoms with Crippen LogP contribution in [-0.2, 0) is 9.47 Å². The Morgan fingerprint density at radius 1 is 1.23 bits per heavy atom. The van der Waals surface area contributed by atoms with Crippen LogP contribution < -0.4 is 5.73 Å². The molecule has 0 aliphatic carbocycles. The number of ether oxygens (including phenoxy) is 2. The van der Waals surface area contributed by atoms with Gasteiger partial charge < -0.3 is 15.2 Å². The molecule has 70 valence electrons. The van der Waals surface area contributed by atoms with E-state index in [1.54, 1.807) is 0 Å². The van der Waals surface area contributed by atoms with Gasteiger partial charge in [-0.1, -0.05) is 15.9 Å². The molecule has 0 amide bonds. The predicted molar refractivity (Wildman–Crippen MR) is 53.2 cm³/mol. The maximum absolute atomic E-state index is 5.69. The minimum Gasteiger partial charge on any atom is -0.399 e. The highest BCUT2D eigenvalue weighted by Gasteiger charge is 2.18. The summed E-state index contributed by atoms with van der Waals surface area (Å²) in [4.78, 5) is 0. The van der Waals surface area contributed by atoms with Crippen molar-refractivity contribution in [2.24, 2.45) is 0 Å². The minimum absolute atomic E-state index is 0.250. The van der Waals surface area contributed by atoms with Gasteiger partial charge in [0, 0.05) is 15.7 Å². The quantitative estimate of drug-likeness (QED) is 0.769. The third-order valence-corrected chi connectivity index (χ3v) is 2.29. The first-order chi connectivity index (χ1) is 6.25. The van der Waals surface area contributed by atoms with E-state index in [2.05, 4.69) is 15.9 Å². The van der Waals surface area contributed by atoms with Crippen LogP contribution in [0, 0.1) is 0 Å². The topological polar surface area (TPSA) is 44.5 Å². The number of benzene rings is 1. The summed E-state index contributed by atoms with van der Waals surface area (Å²) in [6.45, 7) is 1.30. The zero-order valence-corrected chi connectivity index (χ0v) is 8.58. The average molecular weight is 244 g/mol. The maximum Gasteiger partial charge on any atom is 0.184 e. The molecule has 1 heterocycles. The first-order valence-electron chi connectivity index (χ1n) is 4.05. The fourth-order valence-electron chi connectivity index (χ4n) is 1.32. The maximum atomic E-state index is 5.69. The smallest absolute Gasteiger partial charge is 0.184 e. The van der Waals surface area contributed by atoms with Gasteiger partial charge >= 0.3 is 0 Å². The summed E-state index contributed by atoms with van der Waals surface area (Å²) in [7, 11) is 0. The van der Waals surface area contributed by atoms with Crippen LogP contribution in [0.1, 0.15) is 11.9 Å². The van der Waals surface area contributed by atoms with E-state index in [0.29, 0.717) is 18.9 Å². The Kier molecular flexibility index (Phi) is 2.53. The summed E-state index contributed by atoms with van der Waals surface area (Å²) in [6.07, 6.45) is -0.250. The molecule has 1 aromatic carbocycles. The molecule has 4 heteroatoms. The van der Waals surface area contributed by atoms with Crippen molar-refractivity contribution in [2.45, 2.75) is 6.29 Å². The molecule has 0 saturated carbocycles. The number of nitrogens with two attached hydrogens (primary N) is 1. The average Bonchev–Trinajstić information content (AvgIpc) is 2.53. The van der Waals surface area contributed by atoms with Gasteiger partial charge in [-0.05, 0) is 18.2 Å². The Labute approximate surface area is 85.0 Å². The van der Waals surface area contributed by atoms with Crippen molar-refractivity contribution in [3.8, 4) is 0 Å². The van der Waals surface area contributed by atoms with Crippen molar-refractivity contribution in [3.63, 3.8) is 0 Å². The van der Waals surface area contributed by atoms with Gasteiger partial charge in [-0.25, -0.2) is 0 Å². The number of hydrogen-bond donors (Lipinski definition) is 1. The van der Waals surface area contributed by atoms with Gasteiger partial charge in [-0.2, -0.15) is 0 Å². The van der Waals surface area contributed by atoms with Gasteiger partial charge in [-0.3, -0.25) is 0 Å².